The maximum atomic E-state index is 12.2. The van der Waals surface area contributed by atoms with Gasteiger partial charge in [0.05, 0.1) is 23.8 Å². The molecule has 0 spiro atoms. The molecule has 0 bridgehead atoms. The van der Waals surface area contributed by atoms with E-state index in [1.807, 2.05) is 56.4 Å². The maximum absolute atomic E-state index is 12.2. The lowest BCUT2D eigenvalue weighted by atomic mass is 10.1. The molecule has 0 radical (unpaired) electrons. The molecule has 30 heavy (non-hydrogen) atoms. The molecule has 2 aromatic heterocycles. The fraction of sp³-hybridized carbons (Fsp3) is 0.136. The van der Waals surface area contributed by atoms with Gasteiger partial charge in [-0.3, -0.25) is 4.79 Å². The highest BCUT2D eigenvalue weighted by molar-refractivity contribution is 5.98. The Morgan fingerprint density at radius 3 is 2.80 bits per heavy atom. The molecular weight excluding hydrogens is 378 g/mol. The van der Waals surface area contributed by atoms with Gasteiger partial charge in [0.2, 0.25) is 0 Å². The minimum atomic E-state index is -0.124. The summed E-state index contributed by atoms with van der Waals surface area (Å²) >= 11 is 0. The lowest BCUT2D eigenvalue weighted by Crippen LogP contribution is -2.30. The van der Waals surface area contributed by atoms with Gasteiger partial charge in [-0.2, -0.15) is 5.10 Å². The minimum Gasteiger partial charge on any atom is -0.398 e. The van der Waals surface area contributed by atoms with Crippen molar-refractivity contribution in [3.63, 3.8) is 0 Å². The Morgan fingerprint density at radius 1 is 1.20 bits per heavy atom. The number of fused-ring (bicyclic) bond motifs is 1. The van der Waals surface area contributed by atoms with Crippen LogP contribution in [0.1, 0.15) is 29.9 Å². The number of hydrogen-bond acceptors (Lipinski definition) is 5. The van der Waals surface area contributed by atoms with E-state index in [0.717, 1.165) is 28.0 Å². The van der Waals surface area contributed by atoms with E-state index in [4.69, 9.17) is 11.1 Å². The molecule has 4 aromatic rings. The summed E-state index contributed by atoms with van der Waals surface area (Å²) in [5, 5.41) is 19.0. The minimum absolute atomic E-state index is 0.0746. The number of aromatic amines is 1. The number of carbonyl (C=O) groups excluding carboxylic acids is 1. The zero-order chi connectivity index (χ0) is 21.3. The molecule has 0 aliphatic rings. The number of nitrogens with two attached hydrogens (primary N) is 1. The number of carbonyl (C=O) groups is 1. The van der Waals surface area contributed by atoms with Crippen LogP contribution >= 0.6 is 0 Å². The summed E-state index contributed by atoms with van der Waals surface area (Å²) in [6, 6.07) is 13.2. The highest BCUT2D eigenvalue weighted by atomic mass is 16.1. The summed E-state index contributed by atoms with van der Waals surface area (Å²) < 4.78 is 1.76. The zero-order valence-electron chi connectivity index (χ0n) is 16.7. The first kappa shape index (κ1) is 19.3. The van der Waals surface area contributed by atoms with Crippen LogP contribution in [0.25, 0.3) is 16.6 Å². The molecule has 0 atom stereocenters. The molecule has 8 nitrogen and oxygen atoms in total. The molecule has 0 aliphatic heterocycles. The first-order valence-corrected chi connectivity index (χ1v) is 9.58. The molecule has 1 amide bonds. The Bertz CT molecular complexity index is 1240. The van der Waals surface area contributed by atoms with Crippen molar-refractivity contribution >= 4 is 40.1 Å². The second-order valence-corrected chi connectivity index (χ2v) is 7.37. The van der Waals surface area contributed by atoms with E-state index in [-0.39, 0.29) is 11.9 Å². The van der Waals surface area contributed by atoms with Crippen LogP contribution in [-0.4, -0.2) is 32.9 Å². The Labute approximate surface area is 173 Å². The van der Waals surface area contributed by atoms with Crippen molar-refractivity contribution < 1.29 is 4.79 Å². The summed E-state index contributed by atoms with van der Waals surface area (Å²) in [5.74, 6) is -0.124. The van der Waals surface area contributed by atoms with Gasteiger partial charge in [0.15, 0.2) is 0 Å². The van der Waals surface area contributed by atoms with Crippen LogP contribution in [0.15, 0.2) is 54.9 Å². The molecular formula is C22H23N7O. The van der Waals surface area contributed by atoms with Gasteiger partial charge in [-0.1, -0.05) is 6.07 Å². The van der Waals surface area contributed by atoms with Crippen LogP contribution in [-0.2, 0) is 0 Å². The van der Waals surface area contributed by atoms with Gasteiger partial charge in [0, 0.05) is 40.1 Å². The average molecular weight is 401 g/mol. The molecule has 6 N–H and O–H groups in total. The number of H-pyrrole nitrogens is 1. The second-order valence-electron chi connectivity index (χ2n) is 7.37. The summed E-state index contributed by atoms with van der Waals surface area (Å²) in [5.41, 5.74) is 10.9. The molecule has 0 saturated heterocycles. The van der Waals surface area contributed by atoms with Crippen molar-refractivity contribution in [3.8, 4) is 5.69 Å². The second kappa shape index (κ2) is 7.75. The predicted octanol–water partition coefficient (Wildman–Crippen LogP) is 3.82. The predicted molar refractivity (Wildman–Crippen MR) is 120 cm³/mol. The lowest BCUT2D eigenvalue weighted by molar-refractivity contribution is 0.0939. The molecule has 0 unspecified atom stereocenters. The van der Waals surface area contributed by atoms with E-state index < -0.39 is 0 Å². The molecule has 2 heterocycles. The Hall–Kier alpha value is -4.07. The number of aromatic nitrogens is 3. The van der Waals surface area contributed by atoms with E-state index >= 15 is 0 Å². The molecule has 8 heteroatoms. The summed E-state index contributed by atoms with van der Waals surface area (Å²) in [6.45, 7) is 3.86. The standard InChI is InChI=1S/C22H23N7O/c1-13(2)26-22(30)21-8-14-3-5-18(9-20(14)28-21)29-12-17(11-25-29)27-16-4-6-19(24)15(7-16)10-23/h3-13,23,27-28H,24H2,1-2H3,(H,26,30). The number of nitrogens with one attached hydrogen (secondary N) is 4. The van der Waals surface area contributed by atoms with E-state index in [0.29, 0.717) is 16.9 Å². The number of amides is 1. The van der Waals surface area contributed by atoms with Crippen molar-refractivity contribution in [1.82, 2.24) is 20.1 Å². The SMILES string of the molecule is CC(C)NC(=O)c1cc2ccc(-n3cc(Nc4ccc(N)c(C=N)c4)cn3)cc2[nH]1. The van der Waals surface area contributed by atoms with Crippen LogP contribution < -0.4 is 16.4 Å². The van der Waals surface area contributed by atoms with Crippen molar-refractivity contribution in [1.29, 1.82) is 5.41 Å². The molecule has 4 rings (SSSR count). The van der Waals surface area contributed by atoms with Gasteiger partial charge in [-0.15, -0.1) is 0 Å². The molecule has 2 aromatic carbocycles. The third kappa shape index (κ3) is 3.88. The quantitative estimate of drug-likeness (QED) is 0.249. The van der Waals surface area contributed by atoms with Gasteiger partial charge in [0.1, 0.15) is 5.69 Å². The number of hydrogen-bond donors (Lipinski definition) is 5. The van der Waals surface area contributed by atoms with E-state index in [1.165, 1.54) is 6.21 Å². The smallest absolute Gasteiger partial charge is 0.267 e. The van der Waals surface area contributed by atoms with Gasteiger partial charge >= 0.3 is 0 Å². The first-order chi connectivity index (χ1) is 14.4. The zero-order valence-corrected chi connectivity index (χ0v) is 16.7. The van der Waals surface area contributed by atoms with Crippen LogP contribution in [0, 0.1) is 5.41 Å². The maximum Gasteiger partial charge on any atom is 0.267 e. The molecule has 0 fully saturated rings. The Morgan fingerprint density at radius 2 is 2.03 bits per heavy atom. The molecule has 152 valence electrons. The third-order valence-electron chi connectivity index (χ3n) is 4.65. The Kier molecular flexibility index (Phi) is 4.97. The van der Waals surface area contributed by atoms with Gasteiger partial charge in [-0.25, -0.2) is 4.68 Å². The monoisotopic (exact) mass is 401 g/mol. The van der Waals surface area contributed by atoms with E-state index in [2.05, 4.69) is 20.7 Å². The van der Waals surface area contributed by atoms with E-state index in [9.17, 15) is 4.79 Å². The van der Waals surface area contributed by atoms with Crippen molar-refractivity contribution in [2.45, 2.75) is 19.9 Å². The summed E-state index contributed by atoms with van der Waals surface area (Å²) in [4.78, 5) is 15.4. The average Bonchev–Trinajstić information content (AvgIpc) is 3.35. The summed E-state index contributed by atoms with van der Waals surface area (Å²) in [6.07, 6.45) is 4.82. The van der Waals surface area contributed by atoms with Crippen LogP contribution in [0.2, 0.25) is 0 Å². The number of benzene rings is 2. The number of anilines is 3. The highest BCUT2D eigenvalue weighted by Crippen LogP contribution is 2.23. The topological polar surface area (TPSA) is 125 Å². The van der Waals surface area contributed by atoms with Crippen molar-refractivity contribution in [2.24, 2.45) is 0 Å². The first-order valence-electron chi connectivity index (χ1n) is 9.58. The largest absolute Gasteiger partial charge is 0.398 e. The summed E-state index contributed by atoms with van der Waals surface area (Å²) in [7, 11) is 0. The molecule has 0 aliphatic carbocycles. The molecule has 0 saturated carbocycles. The van der Waals surface area contributed by atoms with Crippen LogP contribution in [0.3, 0.4) is 0 Å². The van der Waals surface area contributed by atoms with Gasteiger partial charge in [-0.05, 0) is 50.2 Å². The van der Waals surface area contributed by atoms with E-state index in [1.54, 1.807) is 16.9 Å². The van der Waals surface area contributed by atoms with Gasteiger partial charge < -0.3 is 26.8 Å². The van der Waals surface area contributed by atoms with Crippen LogP contribution in [0.4, 0.5) is 17.1 Å². The number of nitrogens with zero attached hydrogens (tertiary/aromatic N) is 2. The van der Waals surface area contributed by atoms with Crippen molar-refractivity contribution in [2.75, 3.05) is 11.1 Å². The van der Waals surface area contributed by atoms with Crippen molar-refractivity contribution in [3.05, 3.63) is 66.1 Å². The highest BCUT2D eigenvalue weighted by Gasteiger charge is 2.11. The lowest BCUT2D eigenvalue weighted by Gasteiger charge is -2.06. The third-order valence-corrected chi connectivity index (χ3v) is 4.65. The Balaban J connectivity index is 1.56. The normalized spacial score (nSPS) is 11.0. The number of rotatable bonds is 6. The van der Waals surface area contributed by atoms with Gasteiger partial charge in [0.25, 0.3) is 5.91 Å². The van der Waals surface area contributed by atoms with Crippen LogP contribution in [0.5, 0.6) is 0 Å². The number of nitrogen functional groups attached to an aromatic ring is 1. The fourth-order valence-electron chi connectivity index (χ4n) is 3.19. The fourth-order valence-corrected chi connectivity index (χ4v) is 3.19.